The normalized spacial score (nSPS) is 10.9. The number of anilines is 1. The van der Waals surface area contributed by atoms with Crippen LogP contribution in [0.15, 0.2) is 18.3 Å². The Bertz CT molecular complexity index is 306. The molecule has 0 aromatic carbocycles. The highest BCUT2D eigenvalue weighted by atomic mass is 15.2. The number of pyridine rings is 1. The van der Waals surface area contributed by atoms with E-state index in [0.29, 0.717) is 5.92 Å². The smallest absolute Gasteiger partial charge is 0.128 e. The highest BCUT2D eigenvalue weighted by Crippen LogP contribution is 2.09. The molecule has 1 N–H and O–H groups in total. The molecule has 1 heterocycles. The van der Waals surface area contributed by atoms with Gasteiger partial charge in [0, 0.05) is 26.3 Å². The lowest BCUT2D eigenvalue weighted by Crippen LogP contribution is -2.20. The molecule has 96 valence electrons. The Morgan fingerprint density at radius 1 is 1.35 bits per heavy atom. The van der Waals surface area contributed by atoms with Gasteiger partial charge in [0.2, 0.25) is 0 Å². The zero-order valence-electron chi connectivity index (χ0n) is 11.5. The lowest BCUT2D eigenvalue weighted by atomic mass is 10.2. The molecule has 0 radical (unpaired) electrons. The summed E-state index contributed by atoms with van der Waals surface area (Å²) in [5, 5.41) is 3.42. The largest absolute Gasteiger partial charge is 0.360 e. The van der Waals surface area contributed by atoms with Gasteiger partial charge < -0.3 is 10.2 Å². The van der Waals surface area contributed by atoms with E-state index in [1.165, 1.54) is 5.56 Å². The second kappa shape index (κ2) is 7.28. The van der Waals surface area contributed by atoms with E-state index >= 15 is 0 Å². The van der Waals surface area contributed by atoms with Gasteiger partial charge >= 0.3 is 0 Å². The van der Waals surface area contributed by atoms with E-state index in [-0.39, 0.29) is 0 Å². The topological polar surface area (TPSA) is 28.2 Å². The zero-order chi connectivity index (χ0) is 12.7. The monoisotopic (exact) mass is 235 g/mol. The van der Waals surface area contributed by atoms with Gasteiger partial charge in [0.25, 0.3) is 0 Å². The fraction of sp³-hybridized carbons (Fsp3) is 0.643. The molecule has 0 saturated heterocycles. The average Bonchev–Trinajstić information content (AvgIpc) is 2.30. The molecule has 1 rings (SSSR count). The summed E-state index contributed by atoms with van der Waals surface area (Å²) in [5.41, 5.74) is 1.25. The van der Waals surface area contributed by atoms with Crippen LogP contribution in [0, 0.1) is 5.92 Å². The van der Waals surface area contributed by atoms with Crippen molar-refractivity contribution in [3.05, 3.63) is 23.9 Å². The highest BCUT2D eigenvalue weighted by molar-refractivity contribution is 5.38. The number of hydrogen-bond acceptors (Lipinski definition) is 3. The molecule has 0 amide bonds. The number of rotatable bonds is 7. The van der Waals surface area contributed by atoms with Crippen molar-refractivity contribution in [2.24, 2.45) is 5.92 Å². The lowest BCUT2D eigenvalue weighted by Gasteiger charge is -2.17. The molecule has 1 aromatic rings. The average molecular weight is 235 g/mol. The first-order valence-corrected chi connectivity index (χ1v) is 6.50. The molecule has 1 aromatic heterocycles. The van der Waals surface area contributed by atoms with Crippen LogP contribution in [0.2, 0.25) is 0 Å². The van der Waals surface area contributed by atoms with E-state index in [1.807, 2.05) is 6.20 Å². The summed E-state index contributed by atoms with van der Waals surface area (Å²) in [5.74, 6) is 1.75. The summed E-state index contributed by atoms with van der Waals surface area (Å²) in [6.07, 6.45) is 3.12. The van der Waals surface area contributed by atoms with Crippen molar-refractivity contribution in [3.8, 4) is 0 Å². The van der Waals surface area contributed by atoms with E-state index in [0.717, 1.165) is 31.9 Å². The molecule has 0 aliphatic carbocycles. The standard InChI is InChI=1S/C14H25N3/c1-5-8-17(4)14-7-6-13(11-16-14)10-15-9-12(2)3/h6-7,11-12,15H,5,8-10H2,1-4H3. The van der Waals surface area contributed by atoms with Crippen LogP contribution in [0.3, 0.4) is 0 Å². The Morgan fingerprint density at radius 3 is 2.65 bits per heavy atom. The zero-order valence-corrected chi connectivity index (χ0v) is 11.5. The van der Waals surface area contributed by atoms with Gasteiger partial charge in [-0.3, -0.25) is 0 Å². The van der Waals surface area contributed by atoms with Crippen LogP contribution < -0.4 is 10.2 Å². The van der Waals surface area contributed by atoms with Gasteiger partial charge in [-0.05, 0) is 30.5 Å². The molecule has 0 bridgehead atoms. The maximum atomic E-state index is 4.48. The Kier molecular flexibility index (Phi) is 5.98. The molecular formula is C14H25N3. The third-order valence-corrected chi connectivity index (χ3v) is 2.64. The molecular weight excluding hydrogens is 210 g/mol. The summed E-state index contributed by atoms with van der Waals surface area (Å²) in [7, 11) is 2.09. The Morgan fingerprint density at radius 2 is 2.12 bits per heavy atom. The van der Waals surface area contributed by atoms with Crippen LogP contribution in [0.25, 0.3) is 0 Å². The van der Waals surface area contributed by atoms with Gasteiger partial charge in [-0.1, -0.05) is 26.8 Å². The first-order valence-electron chi connectivity index (χ1n) is 6.50. The van der Waals surface area contributed by atoms with Crippen molar-refractivity contribution in [1.82, 2.24) is 10.3 Å². The van der Waals surface area contributed by atoms with Crippen molar-refractivity contribution in [3.63, 3.8) is 0 Å². The number of hydrogen-bond donors (Lipinski definition) is 1. The van der Waals surface area contributed by atoms with Crippen molar-refractivity contribution in [1.29, 1.82) is 0 Å². The maximum absolute atomic E-state index is 4.48. The molecule has 0 fully saturated rings. The highest BCUT2D eigenvalue weighted by Gasteiger charge is 2.01. The molecule has 0 saturated carbocycles. The predicted octanol–water partition coefficient (Wildman–Crippen LogP) is 2.67. The van der Waals surface area contributed by atoms with Crippen LogP contribution in [-0.4, -0.2) is 25.1 Å². The van der Waals surface area contributed by atoms with Gasteiger partial charge in [0.1, 0.15) is 5.82 Å². The molecule has 0 spiro atoms. The van der Waals surface area contributed by atoms with Crippen molar-refractivity contribution in [2.45, 2.75) is 33.7 Å². The molecule has 3 nitrogen and oxygen atoms in total. The van der Waals surface area contributed by atoms with Crippen LogP contribution in [-0.2, 0) is 6.54 Å². The van der Waals surface area contributed by atoms with E-state index < -0.39 is 0 Å². The van der Waals surface area contributed by atoms with E-state index in [4.69, 9.17) is 0 Å². The minimum Gasteiger partial charge on any atom is -0.360 e. The van der Waals surface area contributed by atoms with Crippen LogP contribution in [0.1, 0.15) is 32.8 Å². The summed E-state index contributed by atoms with van der Waals surface area (Å²) in [6, 6.07) is 4.25. The lowest BCUT2D eigenvalue weighted by molar-refractivity contribution is 0.552. The SMILES string of the molecule is CCCN(C)c1ccc(CNCC(C)C)cn1. The number of aromatic nitrogens is 1. The molecule has 17 heavy (non-hydrogen) atoms. The summed E-state index contributed by atoms with van der Waals surface area (Å²) < 4.78 is 0. The summed E-state index contributed by atoms with van der Waals surface area (Å²) in [4.78, 5) is 6.67. The molecule has 0 aliphatic heterocycles. The first-order chi connectivity index (χ1) is 8.13. The quantitative estimate of drug-likeness (QED) is 0.787. The number of nitrogens with one attached hydrogen (secondary N) is 1. The third-order valence-electron chi connectivity index (χ3n) is 2.64. The fourth-order valence-corrected chi connectivity index (χ4v) is 1.70. The molecule has 0 atom stereocenters. The minimum atomic E-state index is 0.693. The fourth-order valence-electron chi connectivity index (χ4n) is 1.70. The first kappa shape index (κ1) is 14.0. The second-order valence-electron chi connectivity index (χ2n) is 4.97. The molecule has 0 unspecified atom stereocenters. The number of nitrogens with zero attached hydrogens (tertiary/aromatic N) is 2. The van der Waals surface area contributed by atoms with Gasteiger partial charge in [0.15, 0.2) is 0 Å². The van der Waals surface area contributed by atoms with Gasteiger partial charge in [-0.15, -0.1) is 0 Å². The van der Waals surface area contributed by atoms with Crippen molar-refractivity contribution < 1.29 is 0 Å². The predicted molar refractivity (Wildman–Crippen MR) is 74.3 cm³/mol. The molecule has 3 heteroatoms. The molecule has 0 aliphatic rings. The maximum Gasteiger partial charge on any atom is 0.128 e. The Hall–Kier alpha value is -1.09. The Labute approximate surface area is 105 Å². The summed E-state index contributed by atoms with van der Waals surface area (Å²) in [6.45, 7) is 9.63. The van der Waals surface area contributed by atoms with Crippen LogP contribution in [0.4, 0.5) is 5.82 Å². The van der Waals surface area contributed by atoms with Crippen LogP contribution in [0.5, 0.6) is 0 Å². The van der Waals surface area contributed by atoms with Crippen molar-refractivity contribution >= 4 is 5.82 Å². The van der Waals surface area contributed by atoms with E-state index in [1.54, 1.807) is 0 Å². The third kappa shape index (κ3) is 5.18. The van der Waals surface area contributed by atoms with Crippen molar-refractivity contribution in [2.75, 3.05) is 25.0 Å². The van der Waals surface area contributed by atoms with Gasteiger partial charge in [0.05, 0.1) is 0 Å². The minimum absolute atomic E-state index is 0.693. The Balaban J connectivity index is 2.44. The van der Waals surface area contributed by atoms with Gasteiger partial charge in [-0.25, -0.2) is 4.98 Å². The van der Waals surface area contributed by atoms with E-state index in [2.05, 4.69) is 55.2 Å². The second-order valence-corrected chi connectivity index (χ2v) is 4.97. The summed E-state index contributed by atoms with van der Waals surface area (Å²) >= 11 is 0. The van der Waals surface area contributed by atoms with Crippen LogP contribution >= 0.6 is 0 Å². The van der Waals surface area contributed by atoms with Gasteiger partial charge in [-0.2, -0.15) is 0 Å². The van der Waals surface area contributed by atoms with E-state index in [9.17, 15) is 0 Å².